The second kappa shape index (κ2) is 5.23. The number of aromatic nitrogens is 4. The van der Waals surface area contributed by atoms with Crippen LogP contribution in [0.4, 0.5) is 0 Å². The first-order valence-corrected chi connectivity index (χ1v) is 8.33. The predicted octanol–water partition coefficient (Wildman–Crippen LogP) is 0.778. The van der Waals surface area contributed by atoms with Crippen molar-refractivity contribution in [3.05, 3.63) is 30.5 Å². The Morgan fingerprint density at radius 1 is 1.36 bits per heavy atom. The molecule has 0 aromatic carbocycles. The van der Waals surface area contributed by atoms with Gasteiger partial charge in [-0.05, 0) is 13.8 Å². The van der Waals surface area contributed by atoms with Crippen LogP contribution >= 0.6 is 0 Å². The smallest absolute Gasteiger partial charge is 0.262 e. The summed E-state index contributed by atoms with van der Waals surface area (Å²) in [6.07, 6.45) is 6.18. The minimum absolute atomic E-state index is 0.0379. The van der Waals surface area contributed by atoms with Gasteiger partial charge in [-0.15, -0.1) is 0 Å². The summed E-state index contributed by atoms with van der Waals surface area (Å²) >= 11 is 0. The lowest BCUT2D eigenvalue weighted by Crippen LogP contribution is -2.50. The average Bonchev–Trinajstić information content (AvgIpc) is 3.05. The molecular weight excluding hydrogens is 304 g/mol. The third-order valence-electron chi connectivity index (χ3n) is 3.71. The first-order chi connectivity index (χ1) is 10.4. The number of sulfonamides is 1. The van der Waals surface area contributed by atoms with E-state index >= 15 is 0 Å². The van der Waals surface area contributed by atoms with Gasteiger partial charge in [-0.2, -0.15) is 14.7 Å². The molecule has 8 nitrogen and oxygen atoms in total. The van der Waals surface area contributed by atoms with Crippen LogP contribution < -0.4 is 0 Å². The molecule has 0 atom stereocenters. The van der Waals surface area contributed by atoms with E-state index in [4.69, 9.17) is 5.26 Å². The molecule has 0 saturated carbocycles. The zero-order valence-corrected chi connectivity index (χ0v) is 13.1. The van der Waals surface area contributed by atoms with E-state index in [0.717, 1.165) is 0 Å². The first kappa shape index (κ1) is 14.7. The molecule has 1 aliphatic heterocycles. The Bertz CT molecular complexity index is 823. The summed E-state index contributed by atoms with van der Waals surface area (Å²) in [5.74, 6) is 0. The number of rotatable bonds is 4. The molecule has 3 rings (SSSR count). The van der Waals surface area contributed by atoms with E-state index in [9.17, 15) is 8.42 Å². The Morgan fingerprint density at radius 2 is 2.09 bits per heavy atom. The van der Waals surface area contributed by atoms with Crippen LogP contribution in [-0.2, 0) is 10.0 Å². The van der Waals surface area contributed by atoms with Gasteiger partial charge in [-0.25, -0.2) is 13.4 Å². The van der Waals surface area contributed by atoms with E-state index < -0.39 is 10.0 Å². The van der Waals surface area contributed by atoms with Crippen LogP contribution in [0.15, 0.2) is 29.9 Å². The lowest BCUT2D eigenvalue weighted by molar-refractivity contribution is 0.191. The van der Waals surface area contributed by atoms with Gasteiger partial charge >= 0.3 is 0 Å². The summed E-state index contributed by atoms with van der Waals surface area (Å²) in [4.78, 5) is 4.00. The molecule has 0 N–H and O–H groups in total. The van der Waals surface area contributed by atoms with Gasteiger partial charge in [-0.3, -0.25) is 4.68 Å². The van der Waals surface area contributed by atoms with Crippen molar-refractivity contribution in [3.63, 3.8) is 0 Å². The van der Waals surface area contributed by atoms with Gasteiger partial charge in [0.1, 0.15) is 6.07 Å². The molecule has 1 fully saturated rings. The summed E-state index contributed by atoms with van der Waals surface area (Å²) in [6, 6.07) is 2.13. The topological polar surface area (TPSA) is 96.8 Å². The molecule has 1 aliphatic rings. The summed E-state index contributed by atoms with van der Waals surface area (Å²) < 4.78 is 29.7. The van der Waals surface area contributed by atoms with Crippen LogP contribution in [-0.4, -0.2) is 45.1 Å². The maximum absolute atomic E-state index is 12.5. The van der Waals surface area contributed by atoms with Gasteiger partial charge in [0, 0.05) is 31.5 Å². The zero-order chi connectivity index (χ0) is 15.9. The highest BCUT2D eigenvalue weighted by atomic mass is 32.2. The fourth-order valence-corrected chi connectivity index (χ4v) is 3.68. The minimum atomic E-state index is -3.56. The van der Waals surface area contributed by atoms with Gasteiger partial charge in [0.25, 0.3) is 10.0 Å². The molecule has 0 radical (unpaired) electrons. The standard InChI is InChI=1S/C13H16N6O2S/c1-10(2)17-8-13(15-9-17)22(20,21)18-6-12(7-18)19-5-11(3-14)4-16-19/h4-5,8-10,12H,6-7H2,1-2H3. The lowest BCUT2D eigenvalue weighted by Gasteiger charge is -2.37. The van der Waals surface area contributed by atoms with Crippen LogP contribution in [0.3, 0.4) is 0 Å². The van der Waals surface area contributed by atoms with E-state index in [-0.39, 0.29) is 17.1 Å². The van der Waals surface area contributed by atoms with Crippen LogP contribution in [0.5, 0.6) is 0 Å². The highest BCUT2D eigenvalue weighted by Gasteiger charge is 2.39. The van der Waals surface area contributed by atoms with Crippen LogP contribution in [0, 0.1) is 11.3 Å². The molecule has 22 heavy (non-hydrogen) atoms. The number of hydrogen-bond acceptors (Lipinski definition) is 5. The second-order valence-electron chi connectivity index (χ2n) is 5.55. The molecule has 9 heteroatoms. The van der Waals surface area contributed by atoms with Crippen molar-refractivity contribution >= 4 is 10.0 Å². The summed E-state index contributed by atoms with van der Waals surface area (Å²) in [5.41, 5.74) is 0.469. The third kappa shape index (κ3) is 2.40. The maximum atomic E-state index is 12.5. The monoisotopic (exact) mass is 320 g/mol. The number of nitriles is 1. The van der Waals surface area contributed by atoms with Gasteiger partial charge in [0.15, 0.2) is 5.03 Å². The zero-order valence-electron chi connectivity index (χ0n) is 12.3. The summed E-state index contributed by atoms with van der Waals surface area (Å²) in [7, 11) is -3.56. The fraction of sp³-hybridized carbons (Fsp3) is 0.462. The van der Waals surface area contributed by atoms with Crippen molar-refractivity contribution in [2.75, 3.05) is 13.1 Å². The van der Waals surface area contributed by atoms with Gasteiger partial charge in [0.05, 0.1) is 24.1 Å². The van der Waals surface area contributed by atoms with Gasteiger partial charge < -0.3 is 4.57 Å². The molecule has 116 valence electrons. The van der Waals surface area contributed by atoms with E-state index in [2.05, 4.69) is 10.1 Å². The minimum Gasteiger partial charge on any atom is -0.334 e. The van der Waals surface area contributed by atoms with Crippen LogP contribution in [0.25, 0.3) is 0 Å². The quantitative estimate of drug-likeness (QED) is 0.829. The Labute approximate surface area is 128 Å². The van der Waals surface area contributed by atoms with Gasteiger partial charge in [0.2, 0.25) is 0 Å². The molecule has 0 unspecified atom stereocenters. The number of nitrogens with zero attached hydrogens (tertiary/aromatic N) is 6. The van der Waals surface area contributed by atoms with Crippen molar-refractivity contribution in [1.29, 1.82) is 5.26 Å². The Balaban J connectivity index is 1.72. The van der Waals surface area contributed by atoms with Crippen molar-refractivity contribution in [3.8, 4) is 6.07 Å². The molecule has 2 aromatic heterocycles. The summed E-state index contributed by atoms with van der Waals surface area (Å²) in [5, 5.41) is 12.9. The van der Waals surface area contributed by atoms with Crippen molar-refractivity contribution in [1.82, 2.24) is 23.6 Å². The fourth-order valence-electron chi connectivity index (χ4n) is 2.24. The molecule has 0 amide bonds. The SMILES string of the molecule is CC(C)n1cnc(S(=O)(=O)N2CC(n3cc(C#N)cn3)C2)c1. The van der Waals surface area contributed by atoms with Gasteiger partial charge in [-0.1, -0.05) is 0 Å². The molecular formula is C13H16N6O2S. The van der Waals surface area contributed by atoms with E-state index in [1.165, 1.54) is 16.8 Å². The normalized spacial score (nSPS) is 16.6. The second-order valence-corrected chi connectivity index (χ2v) is 7.43. The highest BCUT2D eigenvalue weighted by molar-refractivity contribution is 7.89. The highest BCUT2D eigenvalue weighted by Crippen LogP contribution is 2.27. The van der Waals surface area contributed by atoms with E-state index in [1.807, 2.05) is 19.9 Å². The average molecular weight is 320 g/mol. The van der Waals surface area contributed by atoms with Crippen LogP contribution in [0.2, 0.25) is 0 Å². The van der Waals surface area contributed by atoms with Crippen LogP contribution in [0.1, 0.15) is 31.5 Å². The molecule has 2 aromatic rings. The Hall–Kier alpha value is -2.18. The predicted molar refractivity (Wildman–Crippen MR) is 77.3 cm³/mol. The van der Waals surface area contributed by atoms with Crippen molar-refractivity contribution in [2.24, 2.45) is 0 Å². The third-order valence-corrected chi connectivity index (χ3v) is 5.43. The van der Waals surface area contributed by atoms with Crippen molar-refractivity contribution < 1.29 is 8.42 Å². The molecule has 0 aliphatic carbocycles. The largest absolute Gasteiger partial charge is 0.334 e. The molecule has 0 spiro atoms. The van der Waals surface area contributed by atoms with E-state index in [1.54, 1.807) is 21.6 Å². The molecule has 0 bridgehead atoms. The Morgan fingerprint density at radius 3 is 2.64 bits per heavy atom. The Kier molecular flexibility index (Phi) is 3.50. The first-order valence-electron chi connectivity index (χ1n) is 6.89. The lowest BCUT2D eigenvalue weighted by atomic mass is 10.2. The number of hydrogen-bond donors (Lipinski definition) is 0. The summed E-state index contributed by atoms with van der Waals surface area (Å²) in [6.45, 7) is 4.59. The number of imidazole rings is 1. The van der Waals surface area contributed by atoms with Crippen molar-refractivity contribution in [2.45, 2.75) is 31.0 Å². The maximum Gasteiger partial charge on any atom is 0.262 e. The molecule has 3 heterocycles. The van der Waals surface area contributed by atoms with E-state index in [0.29, 0.717) is 18.7 Å². The molecule has 1 saturated heterocycles.